The molecule has 1 aliphatic heterocycles. The third kappa shape index (κ3) is 1.61. The number of fused-ring (bicyclic) bond motifs is 2. The van der Waals surface area contributed by atoms with Crippen molar-refractivity contribution in [3.8, 4) is 5.88 Å². The second-order valence-electron chi connectivity index (χ2n) is 4.85. The molecule has 0 unspecified atom stereocenters. The maximum Gasteiger partial charge on any atom is 0.214 e. The van der Waals surface area contributed by atoms with Gasteiger partial charge >= 0.3 is 0 Å². The van der Waals surface area contributed by atoms with Crippen LogP contribution in [-0.4, -0.2) is 21.6 Å². The SMILES string of the molecule is O=C1C(c2c(O)[nH]c3ccccc23)=Nc2ccc(F)cc21. The van der Waals surface area contributed by atoms with E-state index in [1.165, 1.54) is 18.2 Å². The number of Topliss-reactive ketones (excluding diaryl/α,β-unsaturated/α-hetero) is 1. The Bertz CT molecular complexity index is 941. The van der Waals surface area contributed by atoms with Crippen LogP contribution in [0.15, 0.2) is 47.5 Å². The van der Waals surface area contributed by atoms with Crippen LogP contribution < -0.4 is 0 Å². The minimum atomic E-state index is -0.485. The number of hydrogen-bond donors (Lipinski definition) is 2. The van der Waals surface area contributed by atoms with Gasteiger partial charge in [0.25, 0.3) is 0 Å². The Morgan fingerprint density at radius 2 is 1.95 bits per heavy atom. The molecule has 2 heterocycles. The molecule has 4 rings (SSSR count). The van der Waals surface area contributed by atoms with Crippen LogP contribution in [0.1, 0.15) is 15.9 Å². The molecule has 0 amide bonds. The molecule has 0 radical (unpaired) electrons. The third-order valence-electron chi connectivity index (χ3n) is 3.57. The van der Waals surface area contributed by atoms with E-state index in [4.69, 9.17) is 0 Å². The van der Waals surface area contributed by atoms with Crippen molar-refractivity contribution in [2.24, 2.45) is 4.99 Å². The number of carbonyl (C=O) groups is 1. The second kappa shape index (κ2) is 4.02. The van der Waals surface area contributed by atoms with E-state index >= 15 is 0 Å². The van der Waals surface area contributed by atoms with Gasteiger partial charge in [-0.2, -0.15) is 0 Å². The summed E-state index contributed by atoms with van der Waals surface area (Å²) in [5, 5.41) is 10.8. The van der Waals surface area contributed by atoms with Gasteiger partial charge in [-0.3, -0.25) is 4.79 Å². The molecule has 2 aromatic carbocycles. The maximum absolute atomic E-state index is 13.3. The largest absolute Gasteiger partial charge is 0.494 e. The Hall–Kier alpha value is -2.95. The Morgan fingerprint density at radius 1 is 1.14 bits per heavy atom. The highest BCUT2D eigenvalue weighted by Gasteiger charge is 2.30. The van der Waals surface area contributed by atoms with Gasteiger partial charge in [-0.1, -0.05) is 18.2 Å². The van der Waals surface area contributed by atoms with Gasteiger partial charge in [0, 0.05) is 10.9 Å². The lowest BCUT2D eigenvalue weighted by Crippen LogP contribution is -2.11. The number of aliphatic imine (C=N–C) groups is 1. The van der Waals surface area contributed by atoms with Crippen LogP contribution in [0.3, 0.4) is 0 Å². The fourth-order valence-electron chi connectivity index (χ4n) is 2.62. The molecule has 0 atom stereocenters. The summed E-state index contributed by atoms with van der Waals surface area (Å²) in [4.78, 5) is 19.5. The van der Waals surface area contributed by atoms with E-state index in [-0.39, 0.29) is 22.9 Å². The number of aromatic amines is 1. The number of aromatic nitrogens is 1. The first-order valence-corrected chi connectivity index (χ1v) is 6.38. The summed E-state index contributed by atoms with van der Waals surface area (Å²) < 4.78 is 13.3. The fraction of sp³-hybridized carbons (Fsp3) is 0. The zero-order valence-corrected chi connectivity index (χ0v) is 10.7. The van der Waals surface area contributed by atoms with E-state index in [2.05, 4.69) is 9.98 Å². The van der Waals surface area contributed by atoms with Crippen molar-refractivity contribution >= 4 is 28.1 Å². The predicted octanol–water partition coefficient (Wildman–Crippen LogP) is 3.33. The van der Waals surface area contributed by atoms with Crippen molar-refractivity contribution in [2.75, 3.05) is 0 Å². The Balaban J connectivity index is 1.96. The quantitative estimate of drug-likeness (QED) is 0.718. The molecule has 1 aliphatic rings. The van der Waals surface area contributed by atoms with Gasteiger partial charge in [0.2, 0.25) is 5.78 Å². The Morgan fingerprint density at radius 3 is 2.81 bits per heavy atom. The Labute approximate surface area is 118 Å². The van der Waals surface area contributed by atoms with E-state index in [0.717, 1.165) is 0 Å². The zero-order valence-electron chi connectivity index (χ0n) is 10.7. The highest BCUT2D eigenvalue weighted by molar-refractivity contribution is 6.56. The van der Waals surface area contributed by atoms with E-state index in [9.17, 15) is 14.3 Å². The average molecular weight is 280 g/mol. The minimum Gasteiger partial charge on any atom is -0.494 e. The molecule has 0 aliphatic carbocycles. The van der Waals surface area contributed by atoms with Gasteiger partial charge in [0.1, 0.15) is 11.5 Å². The van der Waals surface area contributed by atoms with Crippen molar-refractivity contribution in [1.29, 1.82) is 0 Å². The fourth-order valence-corrected chi connectivity index (χ4v) is 2.62. The zero-order chi connectivity index (χ0) is 14.6. The van der Waals surface area contributed by atoms with E-state index in [1.54, 1.807) is 12.1 Å². The third-order valence-corrected chi connectivity index (χ3v) is 3.57. The molecule has 21 heavy (non-hydrogen) atoms. The lowest BCUT2D eigenvalue weighted by molar-refractivity contribution is 0.106. The summed E-state index contributed by atoms with van der Waals surface area (Å²) in [6.07, 6.45) is 0. The van der Waals surface area contributed by atoms with Crippen molar-refractivity contribution < 1.29 is 14.3 Å². The van der Waals surface area contributed by atoms with Crippen molar-refractivity contribution in [1.82, 2.24) is 4.98 Å². The molecule has 4 nitrogen and oxygen atoms in total. The summed E-state index contributed by atoms with van der Waals surface area (Å²) in [5.41, 5.74) is 1.83. The summed E-state index contributed by atoms with van der Waals surface area (Å²) in [6.45, 7) is 0. The molecule has 2 N–H and O–H groups in total. The van der Waals surface area contributed by atoms with E-state index in [1.807, 2.05) is 12.1 Å². The predicted molar refractivity (Wildman–Crippen MR) is 76.9 cm³/mol. The molecule has 0 saturated heterocycles. The van der Waals surface area contributed by atoms with Crippen molar-refractivity contribution in [2.45, 2.75) is 0 Å². The van der Waals surface area contributed by atoms with E-state index < -0.39 is 5.82 Å². The summed E-state index contributed by atoms with van der Waals surface area (Å²) >= 11 is 0. The maximum atomic E-state index is 13.3. The van der Waals surface area contributed by atoms with E-state index in [0.29, 0.717) is 22.2 Å². The first-order chi connectivity index (χ1) is 10.1. The van der Waals surface area contributed by atoms with Crippen LogP contribution in [0, 0.1) is 5.82 Å². The molecular weight excluding hydrogens is 271 g/mol. The number of hydrogen-bond acceptors (Lipinski definition) is 3. The molecule has 1 aromatic heterocycles. The second-order valence-corrected chi connectivity index (χ2v) is 4.85. The number of para-hydroxylation sites is 1. The van der Waals surface area contributed by atoms with Crippen molar-refractivity contribution in [3.05, 3.63) is 59.4 Å². The number of aromatic hydroxyl groups is 1. The number of halogens is 1. The number of rotatable bonds is 1. The minimum absolute atomic E-state index is 0.114. The lowest BCUT2D eigenvalue weighted by Gasteiger charge is -1.98. The summed E-state index contributed by atoms with van der Waals surface area (Å²) in [6, 6.07) is 11.1. The van der Waals surface area contributed by atoms with Crippen molar-refractivity contribution in [3.63, 3.8) is 0 Å². The van der Waals surface area contributed by atoms with Crippen LogP contribution in [0.2, 0.25) is 0 Å². The van der Waals surface area contributed by atoms with Gasteiger partial charge in [0.05, 0.1) is 16.8 Å². The van der Waals surface area contributed by atoms with Gasteiger partial charge < -0.3 is 10.1 Å². The van der Waals surface area contributed by atoms with Gasteiger partial charge in [-0.25, -0.2) is 9.38 Å². The molecular formula is C16H9FN2O2. The normalized spacial score (nSPS) is 13.6. The number of nitrogens with zero attached hydrogens (tertiary/aromatic N) is 1. The number of benzene rings is 2. The molecule has 0 saturated carbocycles. The van der Waals surface area contributed by atoms with Gasteiger partial charge in [0.15, 0.2) is 5.88 Å². The molecule has 0 fully saturated rings. The highest BCUT2D eigenvalue weighted by Crippen LogP contribution is 2.35. The lowest BCUT2D eigenvalue weighted by atomic mass is 10.0. The topological polar surface area (TPSA) is 65.4 Å². The first-order valence-electron chi connectivity index (χ1n) is 6.38. The van der Waals surface area contributed by atoms with Crippen LogP contribution >= 0.6 is 0 Å². The number of carbonyl (C=O) groups excluding carboxylic acids is 1. The summed E-state index contributed by atoms with van der Waals surface area (Å²) in [7, 11) is 0. The number of ketones is 1. The van der Waals surface area contributed by atoms with Crippen LogP contribution in [-0.2, 0) is 0 Å². The first kappa shape index (κ1) is 11.8. The average Bonchev–Trinajstić information content (AvgIpc) is 2.96. The number of nitrogens with one attached hydrogen (secondary N) is 1. The highest BCUT2D eigenvalue weighted by atomic mass is 19.1. The van der Waals surface area contributed by atoms with Crippen LogP contribution in [0.25, 0.3) is 10.9 Å². The smallest absolute Gasteiger partial charge is 0.214 e. The van der Waals surface area contributed by atoms with Crippen LogP contribution in [0.4, 0.5) is 10.1 Å². The monoisotopic (exact) mass is 280 g/mol. The molecule has 0 spiro atoms. The standard InChI is InChI=1S/C16H9FN2O2/c17-8-5-6-12-10(7-8)15(20)14(18-12)13-9-3-1-2-4-11(9)19-16(13)21/h1-7,19,21H. The molecule has 102 valence electrons. The number of H-pyrrole nitrogens is 1. The van der Waals surface area contributed by atoms with Crippen LogP contribution in [0.5, 0.6) is 5.88 Å². The summed E-state index contributed by atoms with van der Waals surface area (Å²) in [5.74, 6) is -0.983. The molecule has 0 bridgehead atoms. The molecule has 3 aromatic rings. The Kier molecular flexibility index (Phi) is 2.27. The van der Waals surface area contributed by atoms with Gasteiger partial charge in [-0.05, 0) is 24.3 Å². The molecule has 5 heteroatoms. The van der Waals surface area contributed by atoms with Gasteiger partial charge in [-0.15, -0.1) is 0 Å².